The van der Waals surface area contributed by atoms with E-state index in [4.69, 9.17) is 0 Å². The van der Waals surface area contributed by atoms with Crippen LogP contribution in [0.5, 0.6) is 0 Å². The molecule has 0 unspecified atom stereocenters. The SMILES string of the molecule is Cc1cc(S(=O)(=O)N(Cc2ccccc2)c2ccc(C(O)(C(F)(F)F)C(F)(F)F)cc2)c(C)s1. The molecule has 1 aromatic heterocycles. The highest BCUT2D eigenvalue weighted by molar-refractivity contribution is 7.93. The number of anilines is 1. The van der Waals surface area contributed by atoms with Crippen LogP contribution in [0.3, 0.4) is 0 Å². The van der Waals surface area contributed by atoms with Gasteiger partial charge in [-0.15, -0.1) is 11.3 Å². The summed E-state index contributed by atoms with van der Waals surface area (Å²) >= 11 is 1.24. The number of aryl methyl sites for hydroxylation is 2. The molecule has 0 amide bonds. The van der Waals surface area contributed by atoms with Gasteiger partial charge in [0.25, 0.3) is 15.6 Å². The van der Waals surface area contributed by atoms with Gasteiger partial charge in [0, 0.05) is 15.3 Å². The summed E-state index contributed by atoms with van der Waals surface area (Å²) in [7, 11) is -4.23. The van der Waals surface area contributed by atoms with Gasteiger partial charge in [-0.25, -0.2) is 8.42 Å². The Balaban J connectivity index is 2.13. The maximum atomic E-state index is 13.5. The van der Waals surface area contributed by atoms with E-state index in [0.29, 0.717) is 27.5 Å². The van der Waals surface area contributed by atoms with Crippen molar-refractivity contribution >= 4 is 27.0 Å². The van der Waals surface area contributed by atoms with Crippen molar-refractivity contribution in [2.45, 2.75) is 43.2 Å². The van der Waals surface area contributed by atoms with Gasteiger partial charge in [-0.2, -0.15) is 26.3 Å². The van der Waals surface area contributed by atoms with Crippen molar-refractivity contribution in [2.75, 3.05) is 4.31 Å². The lowest BCUT2D eigenvalue weighted by Crippen LogP contribution is -2.53. The van der Waals surface area contributed by atoms with Crippen molar-refractivity contribution in [3.63, 3.8) is 0 Å². The molecule has 1 heterocycles. The summed E-state index contributed by atoms with van der Waals surface area (Å²) in [5.41, 5.74) is -6.21. The standard InChI is InChI=1S/C22H19F6NO3S2/c1-14-12-19(15(2)33-14)34(31,32)29(13-16-6-4-3-5-7-16)18-10-8-17(9-11-18)20(30,21(23,24)25)22(26,27)28/h3-12,30H,13H2,1-2H3. The van der Waals surface area contributed by atoms with Gasteiger partial charge >= 0.3 is 12.4 Å². The third-order valence-corrected chi connectivity index (χ3v) is 8.12. The molecule has 0 aliphatic carbocycles. The molecule has 4 nitrogen and oxygen atoms in total. The molecule has 0 saturated heterocycles. The number of thiophene rings is 1. The highest BCUT2D eigenvalue weighted by Gasteiger charge is 2.71. The van der Waals surface area contributed by atoms with Gasteiger partial charge in [-0.3, -0.25) is 4.31 Å². The van der Waals surface area contributed by atoms with Gasteiger partial charge in [-0.05, 0) is 37.6 Å². The molecule has 3 aromatic rings. The van der Waals surface area contributed by atoms with Crippen LogP contribution < -0.4 is 4.31 Å². The molecule has 0 radical (unpaired) electrons. The second-order valence-corrected chi connectivity index (χ2v) is 10.8. The Kier molecular flexibility index (Phi) is 6.81. The number of halogens is 6. The van der Waals surface area contributed by atoms with Gasteiger partial charge in [-0.1, -0.05) is 42.5 Å². The molecule has 12 heteroatoms. The molecule has 0 aliphatic rings. The zero-order valence-corrected chi connectivity index (χ0v) is 19.4. The number of hydrogen-bond donors (Lipinski definition) is 1. The lowest BCUT2D eigenvalue weighted by molar-refractivity contribution is -0.376. The normalized spacial score (nSPS) is 13.2. The van der Waals surface area contributed by atoms with Crippen LogP contribution in [0.1, 0.15) is 20.9 Å². The van der Waals surface area contributed by atoms with E-state index in [0.717, 1.165) is 16.4 Å². The van der Waals surface area contributed by atoms with E-state index in [1.807, 2.05) is 0 Å². The third-order valence-electron chi connectivity index (χ3n) is 5.13. The van der Waals surface area contributed by atoms with Crippen LogP contribution in [0, 0.1) is 13.8 Å². The van der Waals surface area contributed by atoms with Gasteiger partial charge < -0.3 is 5.11 Å². The molecule has 0 bridgehead atoms. The van der Waals surface area contributed by atoms with Crippen molar-refractivity contribution in [2.24, 2.45) is 0 Å². The molecule has 184 valence electrons. The zero-order valence-electron chi connectivity index (χ0n) is 17.8. The van der Waals surface area contributed by atoms with Gasteiger partial charge in [0.2, 0.25) is 0 Å². The Morgan fingerprint density at radius 3 is 1.85 bits per heavy atom. The van der Waals surface area contributed by atoms with Crippen molar-refractivity contribution in [1.82, 2.24) is 0 Å². The Bertz CT molecular complexity index is 1240. The Morgan fingerprint density at radius 1 is 0.882 bits per heavy atom. The van der Waals surface area contributed by atoms with E-state index in [-0.39, 0.29) is 17.1 Å². The molecular weight excluding hydrogens is 504 g/mol. The lowest BCUT2D eigenvalue weighted by atomic mass is 9.92. The molecule has 2 aromatic carbocycles. The summed E-state index contributed by atoms with van der Waals surface area (Å²) in [6.45, 7) is 3.09. The maximum absolute atomic E-state index is 13.5. The summed E-state index contributed by atoms with van der Waals surface area (Å²) in [5.74, 6) is 0. The Hall–Kier alpha value is -2.57. The number of aliphatic hydroxyl groups is 1. The smallest absolute Gasteiger partial charge is 0.369 e. The molecule has 34 heavy (non-hydrogen) atoms. The van der Waals surface area contributed by atoms with Gasteiger partial charge in [0.05, 0.1) is 12.2 Å². The summed E-state index contributed by atoms with van der Waals surface area (Å²) in [5, 5.41) is 9.62. The van der Waals surface area contributed by atoms with Crippen LogP contribution in [0.25, 0.3) is 0 Å². The summed E-state index contributed by atoms with van der Waals surface area (Å²) in [6, 6.07) is 12.2. The molecule has 1 N–H and O–H groups in total. The summed E-state index contributed by atoms with van der Waals surface area (Å²) < 4.78 is 107. The molecule has 3 rings (SSSR count). The number of alkyl halides is 6. The van der Waals surface area contributed by atoms with E-state index in [1.54, 1.807) is 44.2 Å². The van der Waals surface area contributed by atoms with Crippen LogP contribution in [0.4, 0.5) is 32.0 Å². The van der Waals surface area contributed by atoms with Crippen LogP contribution >= 0.6 is 11.3 Å². The monoisotopic (exact) mass is 523 g/mol. The average molecular weight is 524 g/mol. The largest absolute Gasteiger partial charge is 0.430 e. The fourth-order valence-corrected chi connectivity index (χ4v) is 6.38. The highest BCUT2D eigenvalue weighted by Crippen LogP contribution is 2.50. The topological polar surface area (TPSA) is 57.6 Å². The Morgan fingerprint density at radius 2 is 1.41 bits per heavy atom. The van der Waals surface area contributed by atoms with Gasteiger partial charge in [0.15, 0.2) is 0 Å². The molecular formula is C22H19F6NO3S2. The van der Waals surface area contributed by atoms with E-state index in [2.05, 4.69) is 0 Å². The molecule has 0 fully saturated rings. The predicted molar refractivity (Wildman–Crippen MR) is 116 cm³/mol. The van der Waals surface area contributed by atoms with E-state index in [1.165, 1.54) is 17.4 Å². The minimum Gasteiger partial charge on any atom is -0.369 e. The first-order chi connectivity index (χ1) is 15.6. The first-order valence-electron chi connectivity index (χ1n) is 9.69. The van der Waals surface area contributed by atoms with Crippen LogP contribution in [0.2, 0.25) is 0 Å². The fraction of sp³-hybridized carbons (Fsp3) is 0.273. The lowest BCUT2D eigenvalue weighted by Gasteiger charge is -2.33. The van der Waals surface area contributed by atoms with Crippen LogP contribution in [0.15, 0.2) is 65.6 Å². The molecule has 0 atom stereocenters. The summed E-state index contributed by atoms with van der Waals surface area (Å²) in [6.07, 6.45) is -12.1. The second-order valence-electron chi connectivity index (χ2n) is 7.53. The average Bonchev–Trinajstić information content (AvgIpc) is 3.09. The van der Waals surface area contributed by atoms with Crippen molar-refractivity contribution in [3.05, 3.63) is 81.5 Å². The maximum Gasteiger partial charge on any atom is 0.430 e. The minimum absolute atomic E-state index is 0.0166. The van der Waals surface area contributed by atoms with Gasteiger partial charge in [0.1, 0.15) is 4.90 Å². The quantitative estimate of drug-likeness (QED) is 0.399. The number of sulfonamides is 1. The minimum atomic E-state index is -6.05. The predicted octanol–water partition coefficient (Wildman–Crippen LogP) is 6.07. The highest BCUT2D eigenvalue weighted by atomic mass is 32.2. The molecule has 0 aliphatic heterocycles. The Labute approximate surface area is 196 Å². The second kappa shape index (κ2) is 8.90. The van der Waals surface area contributed by atoms with Crippen molar-refractivity contribution in [3.8, 4) is 0 Å². The van der Waals surface area contributed by atoms with E-state index < -0.39 is 33.5 Å². The summed E-state index contributed by atoms with van der Waals surface area (Å²) in [4.78, 5) is 1.18. The third kappa shape index (κ3) is 4.66. The first kappa shape index (κ1) is 26.0. The first-order valence-corrected chi connectivity index (χ1v) is 11.9. The number of nitrogens with zero attached hydrogens (tertiary/aromatic N) is 1. The number of rotatable bonds is 6. The molecule has 0 saturated carbocycles. The molecule has 0 spiro atoms. The number of hydrogen-bond acceptors (Lipinski definition) is 4. The van der Waals surface area contributed by atoms with Crippen molar-refractivity contribution < 1.29 is 39.9 Å². The van der Waals surface area contributed by atoms with Crippen LogP contribution in [-0.2, 0) is 22.2 Å². The zero-order chi connectivity index (χ0) is 25.5. The fourth-order valence-electron chi connectivity index (χ4n) is 3.40. The number of benzene rings is 2. The van der Waals surface area contributed by atoms with Crippen molar-refractivity contribution in [1.29, 1.82) is 0 Å². The van der Waals surface area contributed by atoms with E-state index >= 15 is 0 Å². The van der Waals surface area contributed by atoms with E-state index in [9.17, 15) is 39.9 Å². The van der Waals surface area contributed by atoms with Crippen LogP contribution in [-0.4, -0.2) is 25.9 Å².